The molecule has 1 fully saturated rings. The van der Waals surface area contributed by atoms with Gasteiger partial charge in [0.25, 0.3) is 5.91 Å². The van der Waals surface area contributed by atoms with Gasteiger partial charge in [-0.2, -0.15) is 0 Å². The van der Waals surface area contributed by atoms with E-state index in [2.05, 4.69) is 31.3 Å². The van der Waals surface area contributed by atoms with Gasteiger partial charge in [-0.15, -0.1) is 0 Å². The summed E-state index contributed by atoms with van der Waals surface area (Å²) in [7, 11) is 0. The van der Waals surface area contributed by atoms with Gasteiger partial charge in [-0.1, -0.05) is 43.6 Å². The zero-order valence-corrected chi connectivity index (χ0v) is 17.3. The summed E-state index contributed by atoms with van der Waals surface area (Å²) < 4.78 is 0. The van der Waals surface area contributed by atoms with Gasteiger partial charge in [0.1, 0.15) is 0 Å². The number of piperidine rings is 1. The third kappa shape index (κ3) is 4.56. The number of hydrogen-bond acceptors (Lipinski definition) is 2. The van der Waals surface area contributed by atoms with Gasteiger partial charge in [0.2, 0.25) is 5.91 Å². The van der Waals surface area contributed by atoms with Crippen LogP contribution in [0.25, 0.3) is 0 Å². The summed E-state index contributed by atoms with van der Waals surface area (Å²) >= 11 is 5.90. The van der Waals surface area contributed by atoms with Crippen molar-refractivity contribution in [2.75, 3.05) is 18.4 Å². The normalized spacial score (nSPS) is 14.8. The number of para-hydroxylation sites is 1. The molecule has 2 amide bonds. The smallest absolute Gasteiger partial charge is 0.253 e. The summed E-state index contributed by atoms with van der Waals surface area (Å²) in [6, 6.07) is 13.1. The average molecular weight is 399 g/mol. The molecular formula is C23H27ClN2O2. The van der Waals surface area contributed by atoms with Crippen LogP contribution in [0.4, 0.5) is 5.69 Å². The summed E-state index contributed by atoms with van der Waals surface area (Å²) in [5.41, 5.74) is 3.94. The molecule has 0 saturated carbocycles. The minimum absolute atomic E-state index is 0.000114. The topological polar surface area (TPSA) is 49.4 Å². The van der Waals surface area contributed by atoms with E-state index in [9.17, 15) is 9.59 Å². The van der Waals surface area contributed by atoms with Gasteiger partial charge in [0, 0.05) is 35.3 Å². The molecule has 3 rings (SSSR count). The van der Waals surface area contributed by atoms with Crippen molar-refractivity contribution in [2.45, 2.75) is 39.5 Å². The Morgan fingerprint density at radius 1 is 1.00 bits per heavy atom. The lowest BCUT2D eigenvalue weighted by Gasteiger charge is -2.31. The van der Waals surface area contributed by atoms with Crippen molar-refractivity contribution in [3.05, 3.63) is 64.2 Å². The lowest BCUT2D eigenvalue weighted by atomic mass is 9.94. The van der Waals surface area contributed by atoms with Gasteiger partial charge < -0.3 is 10.2 Å². The molecule has 4 nitrogen and oxygen atoms in total. The van der Waals surface area contributed by atoms with E-state index in [0.29, 0.717) is 36.5 Å². The summed E-state index contributed by atoms with van der Waals surface area (Å²) in [6.45, 7) is 5.39. The van der Waals surface area contributed by atoms with Crippen LogP contribution >= 0.6 is 11.6 Å². The van der Waals surface area contributed by atoms with E-state index in [1.807, 2.05) is 11.0 Å². The Morgan fingerprint density at radius 3 is 2.11 bits per heavy atom. The Morgan fingerprint density at radius 2 is 1.57 bits per heavy atom. The number of carbonyl (C=O) groups is 2. The maximum absolute atomic E-state index is 12.9. The van der Waals surface area contributed by atoms with Gasteiger partial charge in [-0.05, 0) is 61.1 Å². The number of nitrogens with zero attached hydrogens (tertiary/aromatic N) is 1. The average Bonchev–Trinajstić information content (AvgIpc) is 2.74. The van der Waals surface area contributed by atoms with Crippen LogP contribution in [0.5, 0.6) is 0 Å². The van der Waals surface area contributed by atoms with Crippen LogP contribution < -0.4 is 5.32 Å². The first kappa shape index (κ1) is 20.4. The fourth-order valence-corrected chi connectivity index (χ4v) is 3.87. The van der Waals surface area contributed by atoms with E-state index in [0.717, 1.165) is 18.5 Å². The van der Waals surface area contributed by atoms with Crippen LogP contribution in [0, 0.1) is 5.92 Å². The first-order valence-electron chi connectivity index (χ1n) is 10.00. The molecule has 0 aliphatic carbocycles. The molecule has 1 aliphatic rings. The molecule has 0 aromatic heterocycles. The first-order valence-corrected chi connectivity index (χ1v) is 10.4. The molecule has 2 aromatic rings. The van der Waals surface area contributed by atoms with Gasteiger partial charge in [-0.3, -0.25) is 9.59 Å². The third-order valence-corrected chi connectivity index (χ3v) is 5.74. The van der Waals surface area contributed by atoms with Crippen LogP contribution in [0.3, 0.4) is 0 Å². The van der Waals surface area contributed by atoms with Gasteiger partial charge in [0.15, 0.2) is 0 Å². The van der Waals surface area contributed by atoms with Crippen molar-refractivity contribution >= 4 is 29.1 Å². The minimum Gasteiger partial charge on any atom is -0.339 e. The standard InChI is InChI=1S/C23H27ClN2O2/c1-3-16-6-5-7-17(4-2)21(16)25-22(27)18-12-14-26(15-13-18)23(28)19-8-10-20(24)11-9-19/h5-11,18H,3-4,12-15H2,1-2H3,(H,25,27). The number of likely N-dealkylation sites (tertiary alicyclic amines) is 1. The van der Waals surface area contributed by atoms with Gasteiger partial charge in [0.05, 0.1) is 0 Å². The minimum atomic E-state index is -0.0658. The maximum Gasteiger partial charge on any atom is 0.253 e. The fourth-order valence-electron chi connectivity index (χ4n) is 3.75. The Labute approximate surface area is 171 Å². The molecule has 2 aromatic carbocycles. The second kappa shape index (κ2) is 9.24. The molecule has 0 spiro atoms. The second-order valence-corrected chi connectivity index (χ2v) is 7.66. The summed E-state index contributed by atoms with van der Waals surface area (Å²) in [5, 5.41) is 3.79. The van der Waals surface area contributed by atoms with E-state index in [1.54, 1.807) is 24.3 Å². The molecule has 0 bridgehead atoms. The molecule has 1 heterocycles. The first-order chi connectivity index (χ1) is 13.5. The number of halogens is 1. The molecule has 1 aliphatic heterocycles. The Hall–Kier alpha value is -2.33. The number of amides is 2. The predicted molar refractivity (Wildman–Crippen MR) is 114 cm³/mol. The summed E-state index contributed by atoms with van der Waals surface area (Å²) in [4.78, 5) is 27.3. The number of aryl methyl sites for hydroxylation is 2. The van der Waals surface area contributed by atoms with E-state index in [4.69, 9.17) is 11.6 Å². The number of benzene rings is 2. The van der Waals surface area contributed by atoms with E-state index < -0.39 is 0 Å². The lowest BCUT2D eigenvalue weighted by Crippen LogP contribution is -2.41. The highest BCUT2D eigenvalue weighted by Gasteiger charge is 2.28. The number of nitrogens with one attached hydrogen (secondary N) is 1. The Balaban J connectivity index is 1.61. The molecule has 28 heavy (non-hydrogen) atoms. The highest BCUT2D eigenvalue weighted by molar-refractivity contribution is 6.30. The number of rotatable bonds is 5. The van der Waals surface area contributed by atoms with E-state index in [-0.39, 0.29) is 17.7 Å². The maximum atomic E-state index is 12.9. The zero-order valence-electron chi connectivity index (χ0n) is 16.5. The molecule has 1 saturated heterocycles. The Bertz CT molecular complexity index is 818. The van der Waals surface area contributed by atoms with Gasteiger partial charge >= 0.3 is 0 Å². The summed E-state index contributed by atoms with van der Waals surface area (Å²) in [5.74, 6) is -0.00167. The van der Waals surface area contributed by atoms with Crippen molar-refractivity contribution in [3.63, 3.8) is 0 Å². The largest absolute Gasteiger partial charge is 0.339 e. The molecule has 1 N–H and O–H groups in total. The van der Waals surface area contributed by atoms with Crippen LogP contribution in [0.15, 0.2) is 42.5 Å². The van der Waals surface area contributed by atoms with Crippen LogP contribution in [-0.4, -0.2) is 29.8 Å². The highest BCUT2D eigenvalue weighted by atomic mass is 35.5. The number of carbonyl (C=O) groups excluding carboxylic acids is 2. The molecule has 0 unspecified atom stereocenters. The SMILES string of the molecule is CCc1cccc(CC)c1NC(=O)C1CCN(C(=O)c2ccc(Cl)cc2)CC1. The molecule has 148 valence electrons. The highest BCUT2D eigenvalue weighted by Crippen LogP contribution is 2.26. The van der Waals surface area contributed by atoms with E-state index in [1.165, 1.54) is 11.1 Å². The molecule has 0 atom stereocenters. The molecule has 5 heteroatoms. The second-order valence-electron chi connectivity index (χ2n) is 7.22. The third-order valence-electron chi connectivity index (χ3n) is 5.49. The van der Waals surface area contributed by atoms with Crippen molar-refractivity contribution in [1.82, 2.24) is 4.90 Å². The number of anilines is 1. The summed E-state index contributed by atoms with van der Waals surface area (Å²) in [6.07, 6.45) is 3.14. The monoisotopic (exact) mass is 398 g/mol. The predicted octanol–water partition coefficient (Wildman–Crippen LogP) is 4.96. The quantitative estimate of drug-likeness (QED) is 0.774. The van der Waals surface area contributed by atoms with Gasteiger partial charge in [-0.25, -0.2) is 0 Å². The van der Waals surface area contributed by atoms with Crippen LogP contribution in [-0.2, 0) is 17.6 Å². The van der Waals surface area contributed by atoms with Crippen LogP contribution in [0.1, 0.15) is 48.2 Å². The molecular weight excluding hydrogens is 372 g/mol. The van der Waals surface area contributed by atoms with Crippen molar-refractivity contribution in [3.8, 4) is 0 Å². The molecule has 0 radical (unpaired) electrons. The van der Waals surface area contributed by atoms with Crippen molar-refractivity contribution in [1.29, 1.82) is 0 Å². The van der Waals surface area contributed by atoms with Crippen LogP contribution in [0.2, 0.25) is 5.02 Å². The number of hydrogen-bond donors (Lipinski definition) is 1. The fraction of sp³-hybridized carbons (Fsp3) is 0.391. The zero-order chi connectivity index (χ0) is 20.1. The van der Waals surface area contributed by atoms with Crippen molar-refractivity contribution < 1.29 is 9.59 Å². The Kier molecular flexibility index (Phi) is 6.74. The lowest BCUT2D eigenvalue weighted by molar-refractivity contribution is -0.121. The van der Waals surface area contributed by atoms with Crippen molar-refractivity contribution in [2.24, 2.45) is 5.92 Å². The van der Waals surface area contributed by atoms with E-state index >= 15 is 0 Å².